The number of anilines is 1. The normalized spacial score (nSPS) is 10.9. The lowest BCUT2D eigenvalue weighted by atomic mass is 9.97. The van der Waals surface area contributed by atoms with Gasteiger partial charge in [0, 0.05) is 41.9 Å². The van der Waals surface area contributed by atoms with Crippen LogP contribution in [0.4, 0.5) is 10.5 Å². The monoisotopic (exact) mass is 627 g/mol. The SMILES string of the molecule is CCCCCC.CCOC(=O)Cc1ccccc1NC(=O)c1cc(-c2cccc(CNC(=O)OC(C)(C)C)c2)c2ccn(C)c2c1. The van der Waals surface area contributed by atoms with Crippen molar-refractivity contribution in [2.45, 2.75) is 85.8 Å². The first-order valence-electron chi connectivity index (χ1n) is 16.2. The van der Waals surface area contributed by atoms with Gasteiger partial charge in [0.15, 0.2) is 0 Å². The zero-order chi connectivity index (χ0) is 33.7. The first-order valence-corrected chi connectivity index (χ1v) is 16.2. The summed E-state index contributed by atoms with van der Waals surface area (Å²) in [6.45, 7) is 12.3. The molecule has 0 aliphatic rings. The molecule has 1 aromatic heterocycles. The lowest BCUT2D eigenvalue weighted by molar-refractivity contribution is -0.142. The molecule has 2 N–H and O–H groups in total. The van der Waals surface area contributed by atoms with Gasteiger partial charge in [-0.25, -0.2) is 4.79 Å². The van der Waals surface area contributed by atoms with Crippen molar-refractivity contribution < 1.29 is 23.9 Å². The summed E-state index contributed by atoms with van der Waals surface area (Å²) >= 11 is 0. The van der Waals surface area contributed by atoms with E-state index in [1.165, 1.54) is 25.7 Å². The number of benzene rings is 3. The summed E-state index contributed by atoms with van der Waals surface area (Å²) < 4.78 is 12.4. The van der Waals surface area contributed by atoms with E-state index in [0.29, 0.717) is 30.0 Å². The molecule has 246 valence electrons. The fraction of sp³-hybridized carbons (Fsp3) is 0.395. The molecule has 0 aliphatic carbocycles. The molecule has 0 saturated heterocycles. The molecular formula is C38H49N3O5. The maximum atomic E-state index is 13.5. The minimum absolute atomic E-state index is 0.0660. The average Bonchev–Trinajstić information content (AvgIpc) is 3.39. The number of unbranched alkanes of at least 4 members (excludes halogenated alkanes) is 3. The van der Waals surface area contributed by atoms with Crippen LogP contribution in [0.5, 0.6) is 0 Å². The van der Waals surface area contributed by atoms with Crippen molar-refractivity contribution in [3.63, 3.8) is 0 Å². The summed E-state index contributed by atoms with van der Waals surface area (Å²) in [5.41, 5.74) is 4.75. The van der Waals surface area contributed by atoms with Crippen molar-refractivity contribution in [3.05, 3.63) is 89.6 Å². The number of hydrogen-bond acceptors (Lipinski definition) is 5. The number of ether oxygens (including phenoxy) is 2. The summed E-state index contributed by atoms with van der Waals surface area (Å²) in [5, 5.41) is 6.77. The highest BCUT2D eigenvalue weighted by Crippen LogP contribution is 2.32. The Balaban J connectivity index is 0.000000875. The number of esters is 1. The van der Waals surface area contributed by atoms with Crippen LogP contribution in [0, 0.1) is 0 Å². The zero-order valence-corrected chi connectivity index (χ0v) is 28.4. The largest absolute Gasteiger partial charge is 0.466 e. The van der Waals surface area contributed by atoms with Gasteiger partial charge < -0.3 is 24.7 Å². The van der Waals surface area contributed by atoms with Crippen LogP contribution in [0.3, 0.4) is 0 Å². The molecule has 0 saturated carbocycles. The summed E-state index contributed by atoms with van der Waals surface area (Å²) in [6.07, 6.45) is 7.08. The van der Waals surface area contributed by atoms with Crippen molar-refractivity contribution in [1.82, 2.24) is 9.88 Å². The van der Waals surface area contributed by atoms with Gasteiger partial charge in [0.05, 0.1) is 13.0 Å². The summed E-state index contributed by atoms with van der Waals surface area (Å²) in [4.78, 5) is 37.7. The predicted octanol–water partition coefficient (Wildman–Crippen LogP) is 8.81. The third-order valence-corrected chi connectivity index (χ3v) is 7.20. The van der Waals surface area contributed by atoms with Crippen molar-refractivity contribution in [3.8, 4) is 11.1 Å². The molecule has 0 radical (unpaired) electrons. The Hall–Kier alpha value is -4.59. The molecule has 4 rings (SSSR count). The van der Waals surface area contributed by atoms with Crippen LogP contribution in [0.25, 0.3) is 22.0 Å². The third kappa shape index (κ3) is 10.8. The number of rotatable bonds is 11. The van der Waals surface area contributed by atoms with E-state index in [2.05, 4.69) is 24.5 Å². The van der Waals surface area contributed by atoms with Gasteiger partial charge in [0.2, 0.25) is 0 Å². The second kappa shape index (κ2) is 17.2. The number of nitrogens with zero attached hydrogens (tertiary/aromatic N) is 1. The minimum Gasteiger partial charge on any atom is -0.466 e. The quantitative estimate of drug-likeness (QED) is 0.128. The Kier molecular flexibility index (Phi) is 13.4. The highest BCUT2D eigenvalue weighted by Gasteiger charge is 2.18. The molecule has 0 bridgehead atoms. The second-order valence-corrected chi connectivity index (χ2v) is 12.2. The van der Waals surface area contributed by atoms with Crippen molar-refractivity contribution in [2.75, 3.05) is 11.9 Å². The highest BCUT2D eigenvalue weighted by atomic mass is 16.6. The Morgan fingerprint density at radius 3 is 2.26 bits per heavy atom. The summed E-state index contributed by atoms with van der Waals surface area (Å²) in [5.74, 6) is -0.638. The number of nitrogens with one attached hydrogen (secondary N) is 2. The van der Waals surface area contributed by atoms with E-state index < -0.39 is 11.7 Å². The Morgan fingerprint density at radius 2 is 1.59 bits per heavy atom. The van der Waals surface area contributed by atoms with Crippen LogP contribution in [0.1, 0.15) is 88.7 Å². The smallest absolute Gasteiger partial charge is 0.407 e. The number of fused-ring (bicyclic) bond motifs is 1. The van der Waals surface area contributed by atoms with E-state index in [9.17, 15) is 14.4 Å². The third-order valence-electron chi connectivity index (χ3n) is 7.20. The van der Waals surface area contributed by atoms with Crippen molar-refractivity contribution >= 4 is 34.6 Å². The van der Waals surface area contributed by atoms with Gasteiger partial charge in [0.25, 0.3) is 5.91 Å². The number of carbonyl (C=O) groups is 3. The number of carbonyl (C=O) groups excluding carboxylic acids is 3. The first kappa shape index (κ1) is 35.9. The van der Waals surface area contributed by atoms with E-state index in [1.54, 1.807) is 19.1 Å². The van der Waals surface area contributed by atoms with Gasteiger partial charge in [-0.1, -0.05) is 75.9 Å². The molecule has 0 fully saturated rings. The maximum absolute atomic E-state index is 13.5. The molecule has 2 amide bonds. The summed E-state index contributed by atoms with van der Waals surface area (Å²) in [7, 11) is 1.93. The van der Waals surface area contributed by atoms with E-state index in [4.69, 9.17) is 9.47 Å². The molecular weight excluding hydrogens is 578 g/mol. The van der Waals surface area contributed by atoms with Crippen LogP contribution in [0.2, 0.25) is 0 Å². The molecule has 8 heteroatoms. The molecule has 46 heavy (non-hydrogen) atoms. The molecule has 8 nitrogen and oxygen atoms in total. The lowest BCUT2D eigenvalue weighted by Gasteiger charge is -2.19. The van der Waals surface area contributed by atoms with Crippen LogP contribution in [0.15, 0.2) is 72.9 Å². The fourth-order valence-electron chi connectivity index (χ4n) is 4.94. The second-order valence-electron chi connectivity index (χ2n) is 12.2. The number of hydrogen-bond donors (Lipinski definition) is 2. The molecule has 0 atom stereocenters. The van der Waals surface area contributed by atoms with Crippen LogP contribution >= 0.6 is 0 Å². The van der Waals surface area contributed by atoms with Gasteiger partial charge in [-0.2, -0.15) is 0 Å². The van der Waals surface area contributed by atoms with Crippen molar-refractivity contribution in [1.29, 1.82) is 0 Å². The standard InChI is InChI=1S/C32H35N3O5.C6H14/c1-6-39-29(36)19-23-11-7-8-13-27(23)34-30(37)24-17-26(25-14-15-35(5)28(25)18-24)22-12-9-10-21(16-22)20-33-31(38)40-32(2,3)4;1-3-5-6-4-2/h7-18H,6,19-20H2,1-5H3,(H,33,38)(H,34,37);3-6H2,1-2H3. The number of alkyl carbamates (subject to hydrolysis) is 1. The van der Waals surface area contributed by atoms with E-state index >= 15 is 0 Å². The van der Waals surface area contributed by atoms with Gasteiger partial charge in [0.1, 0.15) is 5.60 Å². The Bertz CT molecular complexity index is 1610. The maximum Gasteiger partial charge on any atom is 0.407 e. The molecule has 1 heterocycles. The van der Waals surface area contributed by atoms with E-state index in [1.807, 2.05) is 93.2 Å². The predicted molar refractivity (Wildman–Crippen MR) is 186 cm³/mol. The van der Waals surface area contributed by atoms with Crippen LogP contribution < -0.4 is 10.6 Å². The Labute approximate surface area is 273 Å². The molecule has 0 spiro atoms. The van der Waals surface area contributed by atoms with Gasteiger partial charge in [-0.15, -0.1) is 0 Å². The number of para-hydroxylation sites is 1. The zero-order valence-electron chi connectivity index (χ0n) is 28.4. The lowest BCUT2D eigenvalue weighted by Crippen LogP contribution is -2.32. The summed E-state index contributed by atoms with van der Waals surface area (Å²) in [6, 6.07) is 20.8. The molecule has 0 unspecified atom stereocenters. The van der Waals surface area contributed by atoms with E-state index in [-0.39, 0.29) is 18.3 Å². The topological polar surface area (TPSA) is 98.7 Å². The van der Waals surface area contributed by atoms with E-state index in [0.717, 1.165) is 27.6 Å². The number of aromatic nitrogens is 1. The molecule has 4 aromatic rings. The van der Waals surface area contributed by atoms with Gasteiger partial charge in [-0.3, -0.25) is 9.59 Å². The number of aryl methyl sites for hydroxylation is 1. The first-order chi connectivity index (χ1) is 21.9. The van der Waals surface area contributed by atoms with Gasteiger partial charge >= 0.3 is 12.1 Å². The number of amides is 2. The molecule has 3 aromatic carbocycles. The van der Waals surface area contributed by atoms with Crippen molar-refractivity contribution in [2.24, 2.45) is 7.05 Å². The van der Waals surface area contributed by atoms with Gasteiger partial charge in [-0.05, 0) is 80.3 Å². The highest BCUT2D eigenvalue weighted by molar-refractivity contribution is 6.09. The Morgan fingerprint density at radius 1 is 0.870 bits per heavy atom. The van der Waals surface area contributed by atoms with Crippen LogP contribution in [-0.4, -0.2) is 34.7 Å². The molecule has 0 aliphatic heterocycles. The minimum atomic E-state index is -0.578. The average molecular weight is 628 g/mol. The fourth-order valence-corrected chi connectivity index (χ4v) is 4.94. The van der Waals surface area contributed by atoms with Crippen LogP contribution in [-0.2, 0) is 34.3 Å².